The van der Waals surface area contributed by atoms with Crippen LogP contribution in [0.1, 0.15) is 22.6 Å². The molecule has 102 valence electrons. The first kappa shape index (κ1) is 13.5. The van der Waals surface area contributed by atoms with Gasteiger partial charge in [0, 0.05) is 25.9 Å². The Morgan fingerprint density at radius 2 is 2.32 bits per heavy atom. The highest BCUT2D eigenvalue weighted by molar-refractivity contribution is 5.85. The molecule has 1 aliphatic heterocycles. The Kier molecular flexibility index (Phi) is 4.11. The number of hydrogen-bond donors (Lipinski definition) is 1. The molecule has 1 aromatic heterocycles. The van der Waals surface area contributed by atoms with Crippen LogP contribution in [0.5, 0.6) is 0 Å². The highest BCUT2D eigenvalue weighted by Gasteiger charge is 2.17. The molecule has 0 atom stereocenters. The Bertz CT molecular complexity index is 514. The van der Waals surface area contributed by atoms with Crippen molar-refractivity contribution < 1.29 is 14.6 Å². The lowest BCUT2D eigenvalue weighted by Crippen LogP contribution is -2.31. The molecule has 1 aliphatic rings. The van der Waals surface area contributed by atoms with Crippen LogP contribution in [0.15, 0.2) is 17.7 Å². The quantitative estimate of drug-likeness (QED) is 0.824. The Morgan fingerprint density at radius 1 is 1.53 bits per heavy atom. The zero-order valence-electron chi connectivity index (χ0n) is 11.1. The van der Waals surface area contributed by atoms with Crippen LogP contribution in [0, 0.1) is 6.92 Å². The standard InChI is InChI=1S/C13H17N3O3/c1-9-7-11(12(17)18)15-13(14-9)16-5-3-10(4-6-16)8-19-2/h3,7H,4-6,8H2,1-2H3,(H,17,18). The van der Waals surface area contributed by atoms with Gasteiger partial charge in [-0.2, -0.15) is 0 Å². The highest BCUT2D eigenvalue weighted by atomic mass is 16.5. The first-order chi connectivity index (χ1) is 9.10. The fourth-order valence-corrected chi connectivity index (χ4v) is 2.01. The van der Waals surface area contributed by atoms with Gasteiger partial charge in [0.2, 0.25) is 5.95 Å². The van der Waals surface area contributed by atoms with Crippen molar-refractivity contribution in [1.29, 1.82) is 0 Å². The van der Waals surface area contributed by atoms with E-state index in [1.165, 1.54) is 11.6 Å². The lowest BCUT2D eigenvalue weighted by Gasteiger charge is -2.26. The molecule has 0 bridgehead atoms. The molecule has 1 aromatic rings. The van der Waals surface area contributed by atoms with Crippen molar-refractivity contribution in [2.75, 3.05) is 31.7 Å². The molecule has 6 nitrogen and oxygen atoms in total. The van der Waals surface area contributed by atoms with Crippen molar-refractivity contribution in [2.24, 2.45) is 0 Å². The summed E-state index contributed by atoms with van der Waals surface area (Å²) in [6.45, 7) is 3.87. The first-order valence-corrected chi connectivity index (χ1v) is 6.11. The maximum Gasteiger partial charge on any atom is 0.354 e. The van der Waals surface area contributed by atoms with Gasteiger partial charge in [-0.05, 0) is 25.0 Å². The summed E-state index contributed by atoms with van der Waals surface area (Å²) in [5, 5.41) is 9.01. The third-order valence-corrected chi connectivity index (χ3v) is 2.98. The van der Waals surface area contributed by atoms with Gasteiger partial charge in [-0.25, -0.2) is 14.8 Å². The van der Waals surface area contributed by atoms with Gasteiger partial charge in [0.15, 0.2) is 5.69 Å². The van der Waals surface area contributed by atoms with Crippen LogP contribution < -0.4 is 4.90 Å². The van der Waals surface area contributed by atoms with Crippen LogP contribution in [0.25, 0.3) is 0 Å². The van der Waals surface area contributed by atoms with E-state index in [4.69, 9.17) is 9.84 Å². The van der Waals surface area contributed by atoms with Crippen molar-refractivity contribution >= 4 is 11.9 Å². The van der Waals surface area contributed by atoms with E-state index in [1.54, 1.807) is 14.0 Å². The smallest absolute Gasteiger partial charge is 0.354 e. The maximum absolute atomic E-state index is 11.0. The number of methoxy groups -OCH3 is 1. The van der Waals surface area contributed by atoms with Gasteiger partial charge < -0.3 is 14.7 Å². The molecule has 0 unspecified atom stereocenters. The van der Waals surface area contributed by atoms with Crippen LogP contribution in [0.3, 0.4) is 0 Å². The number of aromatic carboxylic acids is 1. The molecule has 0 saturated heterocycles. The number of nitrogens with zero attached hydrogens (tertiary/aromatic N) is 3. The number of carboxylic acids is 1. The minimum atomic E-state index is -1.03. The van der Waals surface area contributed by atoms with Gasteiger partial charge in [0.25, 0.3) is 0 Å². The number of aryl methyl sites for hydroxylation is 1. The van der Waals surface area contributed by atoms with E-state index in [1.807, 2.05) is 4.90 Å². The average molecular weight is 263 g/mol. The van der Waals surface area contributed by atoms with Gasteiger partial charge in [0.1, 0.15) is 0 Å². The second-order valence-electron chi connectivity index (χ2n) is 4.49. The lowest BCUT2D eigenvalue weighted by molar-refractivity contribution is 0.0690. The zero-order chi connectivity index (χ0) is 13.8. The highest BCUT2D eigenvalue weighted by Crippen LogP contribution is 2.17. The third-order valence-electron chi connectivity index (χ3n) is 2.98. The van der Waals surface area contributed by atoms with Crippen LogP contribution in [-0.4, -0.2) is 47.8 Å². The molecule has 0 saturated carbocycles. The molecular formula is C13H17N3O3. The SMILES string of the molecule is COCC1=CCN(c2nc(C)cc(C(=O)O)n2)CC1. The van der Waals surface area contributed by atoms with E-state index < -0.39 is 5.97 Å². The van der Waals surface area contributed by atoms with Crippen molar-refractivity contribution in [3.8, 4) is 0 Å². The van der Waals surface area contributed by atoms with Crippen molar-refractivity contribution in [1.82, 2.24) is 9.97 Å². The van der Waals surface area contributed by atoms with Crippen LogP contribution in [-0.2, 0) is 4.74 Å². The molecule has 0 fully saturated rings. The van der Waals surface area contributed by atoms with E-state index in [2.05, 4.69) is 16.0 Å². The molecule has 0 amide bonds. The second-order valence-corrected chi connectivity index (χ2v) is 4.49. The second kappa shape index (κ2) is 5.79. The molecule has 0 aliphatic carbocycles. The molecule has 0 radical (unpaired) electrons. The molecular weight excluding hydrogens is 246 g/mol. The summed E-state index contributed by atoms with van der Waals surface area (Å²) in [5.74, 6) is -0.551. The normalized spacial score (nSPS) is 15.3. The predicted octanol–water partition coefficient (Wildman–Crippen LogP) is 1.27. The van der Waals surface area contributed by atoms with E-state index >= 15 is 0 Å². The summed E-state index contributed by atoms with van der Waals surface area (Å²) in [6.07, 6.45) is 2.96. The average Bonchev–Trinajstić information content (AvgIpc) is 2.39. The van der Waals surface area contributed by atoms with Gasteiger partial charge in [-0.1, -0.05) is 6.08 Å². The minimum Gasteiger partial charge on any atom is -0.477 e. The number of ether oxygens (including phenoxy) is 1. The van der Waals surface area contributed by atoms with Gasteiger partial charge in [-0.15, -0.1) is 0 Å². The number of anilines is 1. The van der Waals surface area contributed by atoms with Crippen LogP contribution in [0.2, 0.25) is 0 Å². The Hall–Kier alpha value is -1.95. The molecule has 1 N–H and O–H groups in total. The summed E-state index contributed by atoms with van der Waals surface area (Å²) < 4.78 is 5.10. The topological polar surface area (TPSA) is 75.5 Å². The third kappa shape index (κ3) is 3.29. The van der Waals surface area contributed by atoms with Crippen LogP contribution in [0.4, 0.5) is 5.95 Å². The fourth-order valence-electron chi connectivity index (χ4n) is 2.01. The first-order valence-electron chi connectivity index (χ1n) is 6.11. The van der Waals surface area contributed by atoms with Gasteiger partial charge in [0.05, 0.1) is 6.61 Å². The largest absolute Gasteiger partial charge is 0.477 e. The molecule has 6 heteroatoms. The number of carboxylic acid groups (broad SMARTS) is 1. The molecule has 2 heterocycles. The molecule has 19 heavy (non-hydrogen) atoms. The van der Waals surface area contributed by atoms with E-state index in [-0.39, 0.29) is 5.69 Å². The fraction of sp³-hybridized carbons (Fsp3) is 0.462. The summed E-state index contributed by atoms with van der Waals surface area (Å²) in [7, 11) is 1.68. The van der Waals surface area contributed by atoms with Crippen molar-refractivity contribution in [3.05, 3.63) is 29.1 Å². The van der Waals surface area contributed by atoms with E-state index in [0.717, 1.165) is 13.0 Å². The number of rotatable bonds is 4. The van der Waals surface area contributed by atoms with Crippen molar-refractivity contribution in [2.45, 2.75) is 13.3 Å². The van der Waals surface area contributed by atoms with Crippen molar-refractivity contribution in [3.63, 3.8) is 0 Å². The lowest BCUT2D eigenvalue weighted by atomic mass is 10.1. The summed E-state index contributed by atoms with van der Waals surface area (Å²) >= 11 is 0. The Labute approximate surface area is 111 Å². The predicted molar refractivity (Wildman–Crippen MR) is 70.5 cm³/mol. The summed E-state index contributed by atoms with van der Waals surface area (Å²) in [6, 6.07) is 1.47. The molecule has 2 rings (SSSR count). The Morgan fingerprint density at radius 3 is 2.89 bits per heavy atom. The maximum atomic E-state index is 11.0. The summed E-state index contributed by atoms with van der Waals surface area (Å²) in [4.78, 5) is 21.3. The van der Waals surface area contributed by atoms with E-state index in [9.17, 15) is 4.79 Å². The zero-order valence-corrected chi connectivity index (χ0v) is 11.1. The van der Waals surface area contributed by atoms with Crippen LogP contribution >= 0.6 is 0 Å². The summed E-state index contributed by atoms with van der Waals surface area (Å²) in [5.41, 5.74) is 1.95. The van der Waals surface area contributed by atoms with Gasteiger partial charge in [-0.3, -0.25) is 0 Å². The minimum absolute atomic E-state index is 0.0363. The Balaban J connectivity index is 2.17. The number of aromatic nitrogens is 2. The molecule has 0 aromatic carbocycles. The molecule has 0 spiro atoms. The number of hydrogen-bond acceptors (Lipinski definition) is 5. The number of carbonyl (C=O) groups is 1. The van der Waals surface area contributed by atoms with Gasteiger partial charge >= 0.3 is 5.97 Å². The van der Waals surface area contributed by atoms with E-state index in [0.29, 0.717) is 24.8 Å². The monoisotopic (exact) mass is 263 g/mol.